The van der Waals surface area contributed by atoms with Gasteiger partial charge in [0.15, 0.2) is 0 Å². The normalized spacial score (nSPS) is 11.2. The van der Waals surface area contributed by atoms with Gasteiger partial charge in [0.2, 0.25) is 0 Å². The van der Waals surface area contributed by atoms with Gasteiger partial charge in [0, 0.05) is 62.7 Å². The SMILES string of the molecule is c1cnn(CC(Cn2cccn2)Cn2cccn2)c1. The number of aromatic nitrogens is 6. The van der Waals surface area contributed by atoms with Crippen molar-refractivity contribution < 1.29 is 0 Å². The maximum absolute atomic E-state index is 4.27. The highest BCUT2D eigenvalue weighted by atomic mass is 15.3. The van der Waals surface area contributed by atoms with E-state index in [9.17, 15) is 0 Å². The zero-order valence-electron chi connectivity index (χ0n) is 10.6. The molecule has 0 fully saturated rings. The zero-order chi connectivity index (χ0) is 12.9. The molecule has 0 saturated heterocycles. The lowest BCUT2D eigenvalue weighted by atomic mass is 10.1. The molecular weight excluding hydrogens is 240 g/mol. The third-order valence-electron chi connectivity index (χ3n) is 3.01. The Labute approximate surface area is 111 Å². The van der Waals surface area contributed by atoms with Crippen LogP contribution in [0.3, 0.4) is 0 Å². The molecule has 3 aromatic heterocycles. The highest BCUT2D eigenvalue weighted by molar-refractivity contribution is 4.82. The molecule has 0 aliphatic heterocycles. The fourth-order valence-corrected chi connectivity index (χ4v) is 2.19. The maximum Gasteiger partial charge on any atom is 0.0489 e. The van der Waals surface area contributed by atoms with Crippen molar-refractivity contribution in [3.05, 3.63) is 55.4 Å². The lowest BCUT2D eigenvalue weighted by Gasteiger charge is -2.17. The van der Waals surface area contributed by atoms with Crippen LogP contribution in [0, 0.1) is 5.92 Å². The summed E-state index contributed by atoms with van der Waals surface area (Å²) in [5.41, 5.74) is 0. The quantitative estimate of drug-likeness (QED) is 0.668. The molecule has 98 valence electrons. The molecule has 3 heterocycles. The van der Waals surface area contributed by atoms with Crippen LogP contribution in [0.1, 0.15) is 0 Å². The van der Waals surface area contributed by atoms with Crippen LogP contribution in [-0.4, -0.2) is 29.3 Å². The van der Waals surface area contributed by atoms with Crippen molar-refractivity contribution >= 4 is 0 Å². The molecule has 0 aliphatic rings. The number of nitrogens with zero attached hydrogens (tertiary/aromatic N) is 6. The van der Waals surface area contributed by atoms with Crippen molar-refractivity contribution in [2.24, 2.45) is 5.92 Å². The van der Waals surface area contributed by atoms with Crippen LogP contribution >= 0.6 is 0 Å². The molecular formula is C13H16N6. The largest absolute Gasteiger partial charge is 0.272 e. The minimum absolute atomic E-state index is 0.389. The second-order valence-corrected chi connectivity index (χ2v) is 4.55. The minimum atomic E-state index is 0.389. The average molecular weight is 256 g/mol. The van der Waals surface area contributed by atoms with E-state index >= 15 is 0 Å². The Morgan fingerprint density at radius 1 is 0.632 bits per heavy atom. The summed E-state index contributed by atoms with van der Waals surface area (Å²) in [5.74, 6) is 0.389. The van der Waals surface area contributed by atoms with Gasteiger partial charge in [0.05, 0.1) is 0 Å². The predicted molar refractivity (Wildman–Crippen MR) is 70.2 cm³/mol. The van der Waals surface area contributed by atoms with E-state index in [0.29, 0.717) is 5.92 Å². The highest BCUT2D eigenvalue weighted by Crippen LogP contribution is 2.08. The van der Waals surface area contributed by atoms with Crippen molar-refractivity contribution in [1.82, 2.24) is 29.3 Å². The smallest absolute Gasteiger partial charge is 0.0489 e. The highest BCUT2D eigenvalue weighted by Gasteiger charge is 2.12. The Bertz CT molecular complexity index is 481. The van der Waals surface area contributed by atoms with E-state index in [1.165, 1.54) is 0 Å². The molecule has 0 amide bonds. The Kier molecular flexibility index (Phi) is 3.40. The second-order valence-electron chi connectivity index (χ2n) is 4.55. The third-order valence-corrected chi connectivity index (χ3v) is 3.01. The van der Waals surface area contributed by atoms with E-state index in [-0.39, 0.29) is 0 Å². The molecule has 0 unspecified atom stereocenters. The van der Waals surface area contributed by atoms with Crippen LogP contribution in [0.2, 0.25) is 0 Å². The first-order chi connectivity index (χ1) is 9.40. The average Bonchev–Trinajstić information content (AvgIpc) is 3.10. The van der Waals surface area contributed by atoms with Gasteiger partial charge in [-0.25, -0.2) is 0 Å². The topological polar surface area (TPSA) is 53.5 Å². The predicted octanol–water partition coefficient (Wildman–Crippen LogP) is 1.29. The molecule has 6 heteroatoms. The number of hydrogen-bond donors (Lipinski definition) is 0. The first kappa shape index (κ1) is 11.7. The lowest BCUT2D eigenvalue weighted by molar-refractivity contribution is 0.302. The lowest BCUT2D eigenvalue weighted by Crippen LogP contribution is -2.23. The van der Waals surface area contributed by atoms with Crippen LogP contribution in [0.15, 0.2) is 55.4 Å². The van der Waals surface area contributed by atoms with Gasteiger partial charge >= 0.3 is 0 Å². The van der Waals surface area contributed by atoms with Crippen molar-refractivity contribution in [1.29, 1.82) is 0 Å². The summed E-state index contributed by atoms with van der Waals surface area (Å²) >= 11 is 0. The van der Waals surface area contributed by atoms with Crippen LogP contribution in [-0.2, 0) is 19.6 Å². The maximum atomic E-state index is 4.27. The fraction of sp³-hybridized carbons (Fsp3) is 0.308. The fourth-order valence-electron chi connectivity index (χ4n) is 2.19. The Hall–Kier alpha value is -2.37. The molecule has 3 rings (SSSR count). The molecule has 0 aromatic carbocycles. The molecule has 0 atom stereocenters. The molecule has 0 bridgehead atoms. The Morgan fingerprint density at radius 2 is 1.00 bits per heavy atom. The summed E-state index contributed by atoms with van der Waals surface area (Å²) < 4.78 is 5.87. The number of hydrogen-bond acceptors (Lipinski definition) is 3. The van der Waals surface area contributed by atoms with E-state index in [1.807, 2.05) is 50.8 Å². The molecule has 0 radical (unpaired) electrons. The van der Waals surface area contributed by atoms with Crippen molar-refractivity contribution in [2.45, 2.75) is 19.6 Å². The Morgan fingerprint density at radius 3 is 1.26 bits per heavy atom. The van der Waals surface area contributed by atoms with E-state index in [1.54, 1.807) is 18.6 Å². The summed E-state index contributed by atoms with van der Waals surface area (Å²) in [6.07, 6.45) is 11.4. The summed E-state index contributed by atoms with van der Waals surface area (Å²) in [5, 5.41) is 12.8. The Balaban J connectivity index is 1.70. The summed E-state index contributed by atoms with van der Waals surface area (Å²) in [4.78, 5) is 0. The molecule has 0 aliphatic carbocycles. The first-order valence-corrected chi connectivity index (χ1v) is 6.32. The van der Waals surface area contributed by atoms with Gasteiger partial charge in [0.1, 0.15) is 0 Å². The summed E-state index contributed by atoms with van der Waals surface area (Å²) in [6.45, 7) is 2.56. The molecule has 6 nitrogen and oxygen atoms in total. The van der Waals surface area contributed by atoms with Gasteiger partial charge in [0.25, 0.3) is 0 Å². The van der Waals surface area contributed by atoms with E-state index in [2.05, 4.69) is 15.3 Å². The molecule has 3 aromatic rings. The van der Waals surface area contributed by atoms with Crippen LogP contribution in [0.25, 0.3) is 0 Å². The van der Waals surface area contributed by atoms with Crippen LogP contribution in [0.5, 0.6) is 0 Å². The third kappa shape index (κ3) is 3.09. The van der Waals surface area contributed by atoms with Crippen LogP contribution < -0.4 is 0 Å². The van der Waals surface area contributed by atoms with Gasteiger partial charge in [-0.3, -0.25) is 14.0 Å². The number of rotatable bonds is 6. The second kappa shape index (κ2) is 5.51. The van der Waals surface area contributed by atoms with E-state index in [0.717, 1.165) is 19.6 Å². The van der Waals surface area contributed by atoms with Gasteiger partial charge in [-0.1, -0.05) is 0 Å². The molecule has 0 N–H and O–H groups in total. The molecule has 0 spiro atoms. The van der Waals surface area contributed by atoms with Gasteiger partial charge in [-0.05, 0) is 18.2 Å². The van der Waals surface area contributed by atoms with Gasteiger partial charge in [-0.2, -0.15) is 15.3 Å². The first-order valence-electron chi connectivity index (χ1n) is 6.32. The van der Waals surface area contributed by atoms with Crippen molar-refractivity contribution in [3.8, 4) is 0 Å². The summed E-state index contributed by atoms with van der Waals surface area (Å²) in [7, 11) is 0. The molecule has 19 heavy (non-hydrogen) atoms. The summed E-state index contributed by atoms with van der Waals surface area (Å²) in [6, 6.07) is 5.83. The van der Waals surface area contributed by atoms with Crippen molar-refractivity contribution in [3.63, 3.8) is 0 Å². The zero-order valence-corrected chi connectivity index (χ0v) is 10.6. The molecule has 0 saturated carbocycles. The van der Waals surface area contributed by atoms with Gasteiger partial charge in [-0.15, -0.1) is 0 Å². The van der Waals surface area contributed by atoms with E-state index in [4.69, 9.17) is 0 Å². The monoisotopic (exact) mass is 256 g/mol. The van der Waals surface area contributed by atoms with Crippen LogP contribution in [0.4, 0.5) is 0 Å². The van der Waals surface area contributed by atoms with E-state index < -0.39 is 0 Å². The van der Waals surface area contributed by atoms with Crippen molar-refractivity contribution in [2.75, 3.05) is 0 Å². The minimum Gasteiger partial charge on any atom is -0.272 e. The standard InChI is InChI=1S/C13H16N6/c1-4-14-17(7-1)10-13(11-18-8-2-5-15-18)12-19-9-3-6-16-19/h1-9,13H,10-12H2. The van der Waals surface area contributed by atoms with Gasteiger partial charge < -0.3 is 0 Å².